The highest BCUT2D eigenvalue weighted by Gasteiger charge is 2.28. The summed E-state index contributed by atoms with van der Waals surface area (Å²) in [6, 6.07) is 1.20. The fourth-order valence-corrected chi connectivity index (χ4v) is 2.75. The Hall–Kier alpha value is -0.0800. The molecule has 2 N–H and O–H groups in total. The van der Waals surface area contributed by atoms with Crippen LogP contribution in [-0.2, 0) is 0 Å². The summed E-state index contributed by atoms with van der Waals surface area (Å²) in [5.41, 5.74) is 5.98. The van der Waals surface area contributed by atoms with Crippen LogP contribution in [0.15, 0.2) is 0 Å². The first-order valence-corrected chi connectivity index (χ1v) is 6.68. The van der Waals surface area contributed by atoms with Gasteiger partial charge >= 0.3 is 0 Å². The fraction of sp³-hybridized carbons (Fsp3) is 1.00. The maximum atomic E-state index is 5.98. The Morgan fingerprint density at radius 2 is 1.87 bits per heavy atom. The first-order valence-electron chi connectivity index (χ1n) is 6.68. The van der Waals surface area contributed by atoms with Crippen LogP contribution in [0.2, 0.25) is 0 Å². The maximum Gasteiger partial charge on any atom is 0.00951 e. The third-order valence-electron chi connectivity index (χ3n) is 3.76. The number of nitrogens with zero attached hydrogens (tertiary/aromatic N) is 1. The van der Waals surface area contributed by atoms with Gasteiger partial charge in [0, 0.05) is 18.6 Å². The summed E-state index contributed by atoms with van der Waals surface area (Å²) in [5, 5.41) is 0. The number of hydrogen-bond acceptors (Lipinski definition) is 2. The number of hydrogen-bond donors (Lipinski definition) is 1. The standard InChI is InChI=1S/C13H28N2/c1-4-6-13(7-5-2)15-9-8-12(10-15)11(3)14/h11-13H,4-10,14H2,1-3H3. The van der Waals surface area contributed by atoms with Gasteiger partial charge in [-0.05, 0) is 38.6 Å². The molecule has 0 amide bonds. The molecule has 0 aromatic carbocycles. The van der Waals surface area contributed by atoms with Crippen molar-refractivity contribution in [2.75, 3.05) is 13.1 Å². The molecule has 2 unspecified atom stereocenters. The fourth-order valence-electron chi connectivity index (χ4n) is 2.75. The molecular weight excluding hydrogens is 184 g/mol. The molecule has 1 aliphatic rings. The summed E-state index contributed by atoms with van der Waals surface area (Å²) in [5.74, 6) is 0.737. The Kier molecular flexibility index (Phi) is 5.62. The Morgan fingerprint density at radius 1 is 1.27 bits per heavy atom. The van der Waals surface area contributed by atoms with Gasteiger partial charge in [-0.2, -0.15) is 0 Å². The van der Waals surface area contributed by atoms with Crippen LogP contribution in [0.1, 0.15) is 52.9 Å². The molecule has 1 fully saturated rings. The van der Waals surface area contributed by atoms with Crippen molar-refractivity contribution in [2.45, 2.75) is 65.0 Å². The second kappa shape index (κ2) is 6.49. The first kappa shape index (κ1) is 13.0. The molecule has 15 heavy (non-hydrogen) atoms. The Morgan fingerprint density at radius 3 is 2.27 bits per heavy atom. The molecule has 1 saturated heterocycles. The average Bonchev–Trinajstić information content (AvgIpc) is 2.66. The minimum atomic E-state index is 0.374. The van der Waals surface area contributed by atoms with Crippen molar-refractivity contribution in [3.63, 3.8) is 0 Å². The molecule has 0 radical (unpaired) electrons. The molecule has 2 atom stereocenters. The van der Waals surface area contributed by atoms with Crippen LogP contribution < -0.4 is 5.73 Å². The van der Waals surface area contributed by atoms with Crippen molar-refractivity contribution in [2.24, 2.45) is 11.7 Å². The molecular formula is C13H28N2. The summed E-state index contributed by atoms with van der Waals surface area (Å²) < 4.78 is 0. The predicted octanol–water partition coefficient (Wildman–Crippen LogP) is 2.62. The van der Waals surface area contributed by atoms with E-state index >= 15 is 0 Å². The van der Waals surface area contributed by atoms with E-state index in [1.54, 1.807) is 0 Å². The summed E-state index contributed by atoms with van der Waals surface area (Å²) >= 11 is 0. The molecule has 0 saturated carbocycles. The van der Waals surface area contributed by atoms with Crippen molar-refractivity contribution >= 4 is 0 Å². The van der Waals surface area contributed by atoms with Gasteiger partial charge in [0.15, 0.2) is 0 Å². The van der Waals surface area contributed by atoms with E-state index in [2.05, 4.69) is 25.7 Å². The Balaban J connectivity index is 2.41. The molecule has 90 valence electrons. The predicted molar refractivity (Wildman–Crippen MR) is 66.9 cm³/mol. The van der Waals surface area contributed by atoms with Crippen molar-refractivity contribution in [3.8, 4) is 0 Å². The van der Waals surface area contributed by atoms with E-state index in [1.807, 2.05) is 0 Å². The average molecular weight is 212 g/mol. The lowest BCUT2D eigenvalue weighted by molar-refractivity contribution is 0.206. The van der Waals surface area contributed by atoms with E-state index in [1.165, 1.54) is 45.2 Å². The normalized spacial score (nSPS) is 25.0. The molecule has 0 bridgehead atoms. The van der Waals surface area contributed by atoms with E-state index in [0.29, 0.717) is 6.04 Å². The van der Waals surface area contributed by atoms with E-state index in [9.17, 15) is 0 Å². The van der Waals surface area contributed by atoms with Gasteiger partial charge in [0.2, 0.25) is 0 Å². The molecule has 1 aliphatic heterocycles. The minimum absolute atomic E-state index is 0.374. The number of likely N-dealkylation sites (tertiary alicyclic amines) is 1. The van der Waals surface area contributed by atoms with Crippen LogP contribution in [-0.4, -0.2) is 30.1 Å². The molecule has 0 aliphatic carbocycles. The molecule has 1 rings (SSSR count). The topological polar surface area (TPSA) is 29.3 Å². The van der Waals surface area contributed by atoms with Crippen LogP contribution in [0.4, 0.5) is 0 Å². The third kappa shape index (κ3) is 3.76. The van der Waals surface area contributed by atoms with Crippen LogP contribution in [0.3, 0.4) is 0 Å². The van der Waals surface area contributed by atoms with Gasteiger partial charge in [0.05, 0.1) is 0 Å². The van der Waals surface area contributed by atoms with Crippen LogP contribution in [0.25, 0.3) is 0 Å². The van der Waals surface area contributed by atoms with Crippen LogP contribution in [0, 0.1) is 5.92 Å². The van der Waals surface area contributed by atoms with Crippen LogP contribution >= 0.6 is 0 Å². The van der Waals surface area contributed by atoms with Crippen LogP contribution in [0.5, 0.6) is 0 Å². The van der Waals surface area contributed by atoms with Gasteiger partial charge in [-0.15, -0.1) is 0 Å². The van der Waals surface area contributed by atoms with Gasteiger partial charge < -0.3 is 10.6 Å². The van der Waals surface area contributed by atoms with Gasteiger partial charge in [-0.3, -0.25) is 0 Å². The summed E-state index contributed by atoms with van der Waals surface area (Å²) in [4.78, 5) is 2.68. The Bertz CT molecular complexity index is 162. The number of nitrogens with two attached hydrogens (primary N) is 1. The van der Waals surface area contributed by atoms with Crippen molar-refractivity contribution < 1.29 is 0 Å². The highest BCUT2D eigenvalue weighted by atomic mass is 15.2. The zero-order chi connectivity index (χ0) is 11.3. The van der Waals surface area contributed by atoms with Crippen molar-refractivity contribution in [3.05, 3.63) is 0 Å². The van der Waals surface area contributed by atoms with E-state index < -0.39 is 0 Å². The maximum absolute atomic E-state index is 5.98. The monoisotopic (exact) mass is 212 g/mol. The third-order valence-corrected chi connectivity index (χ3v) is 3.76. The van der Waals surface area contributed by atoms with Gasteiger partial charge in [0.25, 0.3) is 0 Å². The Labute approximate surface area is 95.2 Å². The molecule has 0 aromatic rings. The lowest BCUT2D eigenvalue weighted by atomic mass is 10.0. The van der Waals surface area contributed by atoms with Crippen molar-refractivity contribution in [1.82, 2.24) is 4.90 Å². The second-order valence-corrected chi connectivity index (χ2v) is 5.13. The van der Waals surface area contributed by atoms with Crippen molar-refractivity contribution in [1.29, 1.82) is 0 Å². The van der Waals surface area contributed by atoms with E-state index in [4.69, 9.17) is 5.73 Å². The first-order chi connectivity index (χ1) is 7.19. The zero-order valence-electron chi connectivity index (χ0n) is 10.7. The molecule has 0 spiro atoms. The zero-order valence-corrected chi connectivity index (χ0v) is 10.7. The smallest absolute Gasteiger partial charge is 0.00951 e. The molecule has 1 heterocycles. The largest absolute Gasteiger partial charge is 0.328 e. The molecule has 2 heteroatoms. The highest BCUT2D eigenvalue weighted by Crippen LogP contribution is 2.24. The van der Waals surface area contributed by atoms with Gasteiger partial charge in [0.1, 0.15) is 0 Å². The minimum Gasteiger partial charge on any atom is -0.328 e. The van der Waals surface area contributed by atoms with E-state index in [0.717, 1.165) is 12.0 Å². The molecule has 2 nitrogen and oxygen atoms in total. The van der Waals surface area contributed by atoms with E-state index in [-0.39, 0.29) is 0 Å². The van der Waals surface area contributed by atoms with Gasteiger partial charge in [-0.1, -0.05) is 26.7 Å². The summed E-state index contributed by atoms with van der Waals surface area (Å²) in [7, 11) is 0. The molecule has 0 aromatic heterocycles. The SMILES string of the molecule is CCCC(CCC)N1CCC(C(C)N)C1. The second-order valence-electron chi connectivity index (χ2n) is 5.13. The lowest BCUT2D eigenvalue weighted by Crippen LogP contribution is -2.35. The highest BCUT2D eigenvalue weighted by molar-refractivity contribution is 4.84. The summed E-state index contributed by atoms with van der Waals surface area (Å²) in [6.45, 7) is 9.26. The van der Waals surface area contributed by atoms with Gasteiger partial charge in [-0.25, -0.2) is 0 Å². The number of rotatable bonds is 6. The quantitative estimate of drug-likeness (QED) is 0.733. The lowest BCUT2D eigenvalue weighted by Gasteiger charge is -2.28. The summed E-state index contributed by atoms with van der Waals surface area (Å²) in [6.07, 6.45) is 6.65.